The van der Waals surface area contributed by atoms with E-state index in [1.165, 1.54) is 6.07 Å². The third kappa shape index (κ3) is 5.06. The average Bonchev–Trinajstić information content (AvgIpc) is 2.87. The molecule has 1 fully saturated rings. The summed E-state index contributed by atoms with van der Waals surface area (Å²) in [4.78, 5) is 29.2. The van der Waals surface area contributed by atoms with Crippen LogP contribution in [0.2, 0.25) is 5.02 Å². The summed E-state index contributed by atoms with van der Waals surface area (Å²) in [6.45, 7) is 0.549. The molecule has 37 heavy (non-hydrogen) atoms. The van der Waals surface area contributed by atoms with E-state index in [9.17, 15) is 27.2 Å². The van der Waals surface area contributed by atoms with Gasteiger partial charge in [-0.15, -0.1) is 0 Å². The normalized spacial score (nSPS) is 16.6. The van der Waals surface area contributed by atoms with Gasteiger partial charge in [-0.1, -0.05) is 0 Å². The number of halogens is 5. The van der Waals surface area contributed by atoms with Crippen LogP contribution < -0.4 is 15.8 Å². The fourth-order valence-corrected chi connectivity index (χ4v) is 8.05. The van der Waals surface area contributed by atoms with E-state index < -0.39 is 25.0 Å². The summed E-state index contributed by atoms with van der Waals surface area (Å²) in [6.07, 6.45) is -2.98. The molecule has 0 unspecified atom stereocenters. The first-order valence-electron chi connectivity index (χ1n) is 11.5. The van der Waals surface area contributed by atoms with Crippen LogP contribution in [0.5, 0.6) is 0 Å². The van der Waals surface area contributed by atoms with Crippen molar-refractivity contribution in [2.45, 2.75) is 12.6 Å². The van der Waals surface area contributed by atoms with Crippen LogP contribution in [0.25, 0.3) is 10.8 Å². The van der Waals surface area contributed by atoms with Crippen molar-refractivity contribution in [1.29, 1.82) is 0 Å². The first kappa shape index (κ1) is 25.6. The molecule has 6 nitrogen and oxygen atoms in total. The van der Waals surface area contributed by atoms with Crippen molar-refractivity contribution in [1.82, 2.24) is 15.2 Å². The van der Waals surface area contributed by atoms with Gasteiger partial charge in [-0.05, 0) is 0 Å². The van der Waals surface area contributed by atoms with E-state index in [-0.39, 0.29) is 47.1 Å². The Balaban J connectivity index is 1.37. The van der Waals surface area contributed by atoms with Crippen molar-refractivity contribution >= 4 is 41.0 Å². The maximum atomic E-state index is 14.9. The van der Waals surface area contributed by atoms with Gasteiger partial charge in [0.05, 0.1) is 0 Å². The number of nitrogens with one attached hydrogen (secondary N) is 1. The van der Waals surface area contributed by atoms with Gasteiger partial charge in [-0.3, -0.25) is 0 Å². The number of pyridine rings is 1. The van der Waals surface area contributed by atoms with Gasteiger partial charge in [0.2, 0.25) is 0 Å². The molecule has 2 aromatic carbocycles. The fraction of sp³-hybridized carbons (Fsp3) is 0.240. The molecule has 0 aliphatic carbocycles. The molecule has 0 atom stereocenters. The van der Waals surface area contributed by atoms with Crippen LogP contribution in [0.1, 0.15) is 16.8 Å². The monoisotopic (exact) mass is 552 g/mol. The zero-order valence-corrected chi connectivity index (χ0v) is 21.1. The molecular weight excluding hydrogens is 531 g/mol. The molecule has 1 aliphatic rings. The molecule has 2 aromatic heterocycles. The second kappa shape index (κ2) is 9.67. The van der Waals surface area contributed by atoms with E-state index in [4.69, 9.17) is 11.6 Å². The van der Waals surface area contributed by atoms with E-state index in [1.54, 1.807) is 35.2 Å². The third-order valence-electron chi connectivity index (χ3n) is 6.72. The number of hydrogen-bond acceptors (Lipinski definition) is 5. The van der Waals surface area contributed by atoms with Crippen molar-refractivity contribution in [2.24, 2.45) is 0 Å². The Labute approximate surface area is 214 Å². The maximum absolute atomic E-state index is 14.9. The van der Waals surface area contributed by atoms with Gasteiger partial charge >= 0.3 is 214 Å². The quantitative estimate of drug-likeness (QED) is 0.287. The Bertz CT molecular complexity index is 1540. The molecule has 2 N–H and O–H groups in total. The van der Waals surface area contributed by atoms with E-state index in [0.29, 0.717) is 22.9 Å². The molecule has 12 heteroatoms. The molecule has 4 aromatic rings. The first-order valence-corrected chi connectivity index (χ1v) is 14.2. The second-order valence-electron chi connectivity index (χ2n) is 9.08. The Kier molecular flexibility index (Phi) is 6.68. The Morgan fingerprint density at radius 1 is 1.08 bits per heavy atom. The van der Waals surface area contributed by atoms with Gasteiger partial charge in [0.25, 0.3) is 0 Å². The van der Waals surface area contributed by atoms with E-state index in [1.807, 2.05) is 6.07 Å². The molecule has 3 heterocycles. The molecule has 0 spiro atoms. The van der Waals surface area contributed by atoms with Gasteiger partial charge in [0.15, 0.2) is 0 Å². The molecule has 5 rings (SSSR count). The summed E-state index contributed by atoms with van der Waals surface area (Å²) in [5.74, 6) is -0.299. The van der Waals surface area contributed by atoms with Crippen molar-refractivity contribution in [2.75, 3.05) is 30.3 Å². The van der Waals surface area contributed by atoms with Crippen LogP contribution in [-0.4, -0.2) is 45.5 Å². The van der Waals surface area contributed by atoms with Crippen molar-refractivity contribution in [3.63, 3.8) is 0 Å². The van der Waals surface area contributed by atoms with Crippen LogP contribution in [0, 0.1) is 5.82 Å². The molecule has 0 saturated carbocycles. The number of aromatic nitrogens is 3. The molecule has 1 saturated heterocycles. The number of H-pyrrole nitrogens is 1. The summed E-state index contributed by atoms with van der Waals surface area (Å²) in [5.41, 5.74) is 0.124. The van der Waals surface area contributed by atoms with Crippen molar-refractivity contribution in [3.05, 3.63) is 92.7 Å². The third-order valence-corrected chi connectivity index (χ3v) is 10.5. The minimum atomic E-state index is -4.55. The Hall–Kier alpha value is -3.07. The Morgan fingerprint density at radius 2 is 1.78 bits per heavy atom. The number of fused-ring (bicyclic) bond motifs is 1. The number of hydrogen-bond donors (Lipinski definition) is 2. The van der Waals surface area contributed by atoms with Crippen LogP contribution in [0.4, 0.5) is 23.4 Å². The number of anilines is 1. The van der Waals surface area contributed by atoms with Gasteiger partial charge < -0.3 is 0 Å². The van der Waals surface area contributed by atoms with Crippen LogP contribution in [-0.2, 0) is 12.6 Å². The van der Waals surface area contributed by atoms with Gasteiger partial charge in [0.1, 0.15) is 0 Å². The summed E-state index contributed by atoms with van der Waals surface area (Å²) in [7, 11) is -3.25. The number of alkyl halides is 3. The number of rotatable bonds is 4. The van der Waals surface area contributed by atoms with Gasteiger partial charge in [-0.2, -0.15) is 0 Å². The predicted molar refractivity (Wildman–Crippen MR) is 138 cm³/mol. The van der Waals surface area contributed by atoms with Crippen LogP contribution >= 0.6 is 19.1 Å². The minimum absolute atomic E-state index is 0.129. The summed E-state index contributed by atoms with van der Waals surface area (Å²) in [5, 5.41) is 8.01. The van der Waals surface area contributed by atoms with Crippen molar-refractivity contribution in [3.8, 4) is 0 Å². The SMILES string of the molecule is O=c1[nH]nc(Cc2ccc(F)c([PH]3(O)CCN(c4ncc(C(F)(F)F)cc4Cl)CC3)c2)c2ccccc12. The zero-order chi connectivity index (χ0) is 26.4. The second-order valence-corrected chi connectivity index (χ2v) is 13.1. The number of benzene rings is 2. The van der Waals surface area contributed by atoms with E-state index in [2.05, 4.69) is 15.2 Å². The van der Waals surface area contributed by atoms with Crippen molar-refractivity contribution < 1.29 is 22.5 Å². The van der Waals surface area contributed by atoms with Gasteiger partial charge in [-0.25, -0.2) is 0 Å². The topological polar surface area (TPSA) is 82.1 Å². The standard InChI is InChI=1S/C25H22ClF4N4O2P/c26-19-13-16(25(28,29)30)14-31-23(19)34-7-9-37(36,10-8-34)22-12-15(5-6-20(22)27)11-21-17-3-1-2-4-18(17)24(35)33-32-21/h1-6,12-14,36-37H,7-11H2,(H,33,35). The molecule has 0 radical (unpaired) electrons. The first-order chi connectivity index (χ1) is 17.5. The summed E-state index contributed by atoms with van der Waals surface area (Å²) in [6, 6.07) is 12.5. The summed E-state index contributed by atoms with van der Waals surface area (Å²) < 4.78 is 53.8. The molecule has 0 amide bonds. The molecule has 1 aliphatic heterocycles. The number of nitrogens with zero attached hydrogens (tertiary/aromatic N) is 3. The molecule has 194 valence electrons. The fourth-order valence-electron chi connectivity index (χ4n) is 4.71. The zero-order valence-electron chi connectivity index (χ0n) is 19.3. The van der Waals surface area contributed by atoms with Crippen LogP contribution in [0.15, 0.2) is 59.5 Å². The predicted octanol–water partition coefficient (Wildman–Crippen LogP) is 4.52. The van der Waals surface area contributed by atoms with Crippen LogP contribution in [0.3, 0.4) is 0 Å². The Morgan fingerprint density at radius 3 is 2.46 bits per heavy atom. The molecular formula is C25H22ClF4N4O2P. The van der Waals surface area contributed by atoms with Gasteiger partial charge in [0, 0.05) is 0 Å². The number of aromatic amines is 1. The average molecular weight is 553 g/mol. The van der Waals surface area contributed by atoms with E-state index in [0.717, 1.165) is 17.8 Å². The molecule has 0 bridgehead atoms. The summed E-state index contributed by atoms with van der Waals surface area (Å²) >= 11 is 6.09. The van der Waals surface area contributed by atoms with E-state index >= 15 is 0 Å².